The molecule has 0 bridgehead atoms. The third kappa shape index (κ3) is 6.67. The molecule has 1 aromatic carbocycles. The lowest BCUT2D eigenvalue weighted by molar-refractivity contribution is -0.143. The zero-order chi connectivity index (χ0) is 19.2. The lowest BCUT2D eigenvalue weighted by Gasteiger charge is -2.21. The molecule has 2 rings (SSSR count). The molecule has 2 N–H and O–H groups in total. The van der Waals surface area contributed by atoms with Crippen molar-refractivity contribution in [3.63, 3.8) is 0 Å². The Hall–Kier alpha value is -2.08. The molecule has 0 heterocycles. The predicted molar refractivity (Wildman–Crippen MR) is 98.5 cm³/mol. The van der Waals surface area contributed by atoms with Gasteiger partial charge in [0.05, 0.1) is 5.60 Å². The highest BCUT2D eigenvalue weighted by molar-refractivity contribution is 5.84. The second-order valence-corrected chi connectivity index (χ2v) is 7.63. The van der Waals surface area contributed by atoms with Crippen LogP contribution < -0.4 is 10.1 Å². The van der Waals surface area contributed by atoms with Crippen molar-refractivity contribution in [2.45, 2.75) is 64.5 Å². The Balaban J connectivity index is 1.81. The van der Waals surface area contributed by atoms with Gasteiger partial charge in [-0.1, -0.05) is 6.07 Å². The molecule has 1 aliphatic carbocycles. The van der Waals surface area contributed by atoms with Gasteiger partial charge in [0, 0.05) is 13.0 Å². The van der Waals surface area contributed by atoms with Gasteiger partial charge in [-0.25, -0.2) is 4.79 Å². The van der Waals surface area contributed by atoms with Crippen molar-refractivity contribution in [1.82, 2.24) is 5.32 Å². The zero-order valence-corrected chi connectivity index (χ0v) is 15.8. The third-order valence-corrected chi connectivity index (χ3v) is 4.26. The van der Waals surface area contributed by atoms with Crippen LogP contribution in [-0.2, 0) is 27.2 Å². The molecule has 0 saturated heterocycles. The summed E-state index contributed by atoms with van der Waals surface area (Å²) in [5.41, 5.74) is 2.28. The van der Waals surface area contributed by atoms with Crippen LogP contribution >= 0.6 is 0 Å². The van der Waals surface area contributed by atoms with E-state index >= 15 is 0 Å². The molecule has 0 aliphatic heterocycles. The lowest BCUT2D eigenvalue weighted by Crippen LogP contribution is -2.44. The monoisotopic (exact) mass is 363 g/mol. The minimum absolute atomic E-state index is 0.206. The first-order valence-corrected chi connectivity index (χ1v) is 9.15. The molecule has 6 heteroatoms. The molecule has 1 unspecified atom stereocenters. The molecular weight excluding hydrogens is 334 g/mol. The fourth-order valence-electron chi connectivity index (χ4n) is 2.92. The minimum Gasteiger partial charge on any atom is -0.484 e. The van der Waals surface area contributed by atoms with Gasteiger partial charge in [-0.2, -0.15) is 0 Å². The van der Waals surface area contributed by atoms with Crippen molar-refractivity contribution in [3.8, 4) is 5.75 Å². The van der Waals surface area contributed by atoms with Gasteiger partial charge in [0.15, 0.2) is 6.61 Å². The SMILES string of the molecule is CC(C)(C)OCCC(NC(=O)COc1ccc2c(c1)CCCC2)C(=O)O. The summed E-state index contributed by atoms with van der Waals surface area (Å²) in [6.45, 7) is 5.74. The van der Waals surface area contributed by atoms with Gasteiger partial charge in [-0.3, -0.25) is 4.79 Å². The number of amides is 1. The van der Waals surface area contributed by atoms with Crippen molar-refractivity contribution in [3.05, 3.63) is 29.3 Å². The van der Waals surface area contributed by atoms with Gasteiger partial charge in [0.1, 0.15) is 11.8 Å². The third-order valence-electron chi connectivity index (χ3n) is 4.26. The Bertz CT molecular complexity index is 636. The molecular formula is C20H29NO5. The van der Waals surface area contributed by atoms with E-state index in [9.17, 15) is 14.7 Å². The molecule has 0 aromatic heterocycles. The van der Waals surface area contributed by atoms with Crippen molar-refractivity contribution in [1.29, 1.82) is 0 Å². The predicted octanol–water partition coefficient (Wildman–Crippen LogP) is 2.72. The Morgan fingerprint density at radius 1 is 1.19 bits per heavy atom. The van der Waals surface area contributed by atoms with E-state index in [1.165, 1.54) is 24.0 Å². The number of nitrogens with one attached hydrogen (secondary N) is 1. The topological polar surface area (TPSA) is 84.9 Å². The molecule has 6 nitrogen and oxygen atoms in total. The number of ether oxygens (including phenoxy) is 2. The quantitative estimate of drug-likeness (QED) is 0.742. The first-order chi connectivity index (χ1) is 12.2. The van der Waals surface area contributed by atoms with E-state index in [1.807, 2.05) is 39.0 Å². The van der Waals surface area contributed by atoms with E-state index < -0.39 is 17.9 Å². The summed E-state index contributed by atoms with van der Waals surface area (Å²) >= 11 is 0. The normalized spacial score (nSPS) is 15.0. The number of aryl methyl sites for hydroxylation is 2. The molecule has 1 amide bonds. The van der Waals surface area contributed by atoms with Crippen molar-refractivity contribution in [2.75, 3.05) is 13.2 Å². The second kappa shape index (κ2) is 9.03. The maximum Gasteiger partial charge on any atom is 0.326 e. The van der Waals surface area contributed by atoms with Crippen molar-refractivity contribution in [2.24, 2.45) is 0 Å². The van der Waals surface area contributed by atoms with Crippen LogP contribution in [-0.4, -0.2) is 41.8 Å². The van der Waals surface area contributed by atoms with Gasteiger partial charge in [0.2, 0.25) is 0 Å². The Kier molecular flexibility index (Phi) is 7.03. The van der Waals surface area contributed by atoms with E-state index in [1.54, 1.807) is 0 Å². The van der Waals surface area contributed by atoms with Crippen LogP contribution in [0.3, 0.4) is 0 Å². The average molecular weight is 363 g/mol. The maximum absolute atomic E-state index is 12.0. The van der Waals surface area contributed by atoms with Gasteiger partial charge in [0.25, 0.3) is 5.91 Å². The summed E-state index contributed by atoms with van der Waals surface area (Å²) in [4.78, 5) is 23.4. The van der Waals surface area contributed by atoms with Crippen molar-refractivity contribution >= 4 is 11.9 Å². The number of carboxylic acid groups (broad SMARTS) is 1. The van der Waals surface area contributed by atoms with E-state index in [0.29, 0.717) is 5.75 Å². The van der Waals surface area contributed by atoms with Crippen molar-refractivity contribution < 1.29 is 24.2 Å². The van der Waals surface area contributed by atoms with Crippen LogP contribution in [0.1, 0.15) is 51.2 Å². The number of rotatable bonds is 8. The molecule has 1 aliphatic rings. The zero-order valence-electron chi connectivity index (χ0n) is 15.8. The van der Waals surface area contributed by atoms with Crippen LogP contribution in [0, 0.1) is 0 Å². The number of fused-ring (bicyclic) bond motifs is 1. The van der Waals surface area contributed by atoms with E-state index in [0.717, 1.165) is 12.8 Å². The van der Waals surface area contributed by atoms with Crippen LogP contribution in [0.15, 0.2) is 18.2 Å². The number of aliphatic carboxylic acids is 1. The molecule has 0 spiro atoms. The highest BCUT2D eigenvalue weighted by atomic mass is 16.5. The summed E-state index contributed by atoms with van der Waals surface area (Å²) in [5.74, 6) is -0.890. The first-order valence-electron chi connectivity index (χ1n) is 9.15. The van der Waals surface area contributed by atoms with Crippen LogP contribution in [0.25, 0.3) is 0 Å². The van der Waals surface area contributed by atoms with Crippen LogP contribution in [0.4, 0.5) is 0 Å². The molecule has 0 saturated carbocycles. The Morgan fingerprint density at radius 2 is 1.88 bits per heavy atom. The molecule has 0 fully saturated rings. The number of carbonyl (C=O) groups excluding carboxylic acids is 1. The molecule has 26 heavy (non-hydrogen) atoms. The summed E-state index contributed by atoms with van der Waals surface area (Å²) in [6, 6.07) is 4.90. The molecule has 1 aromatic rings. The smallest absolute Gasteiger partial charge is 0.326 e. The highest BCUT2D eigenvalue weighted by Crippen LogP contribution is 2.25. The lowest BCUT2D eigenvalue weighted by atomic mass is 9.92. The van der Waals surface area contributed by atoms with Gasteiger partial charge in [-0.15, -0.1) is 0 Å². The summed E-state index contributed by atoms with van der Waals surface area (Å²) < 4.78 is 11.1. The van der Waals surface area contributed by atoms with E-state index in [-0.39, 0.29) is 25.2 Å². The fraction of sp³-hybridized carbons (Fsp3) is 0.600. The summed E-state index contributed by atoms with van der Waals surface area (Å²) in [7, 11) is 0. The summed E-state index contributed by atoms with van der Waals surface area (Å²) in [6.07, 6.45) is 4.72. The van der Waals surface area contributed by atoms with Gasteiger partial charge in [-0.05, 0) is 69.7 Å². The number of benzene rings is 1. The largest absolute Gasteiger partial charge is 0.484 e. The number of hydrogen-bond donors (Lipinski definition) is 2. The number of hydrogen-bond acceptors (Lipinski definition) is 4. The van der Waals surface area contributed by atoms with E-state index in [2.05, 4.69) is 5.32 Å². The fourth-order valence-corrected chi connectivity index (χ4v) is 2.92. The minimum atomic E-state index is -1.08. The molecule has 0 radical (unpaired) electrons. The number of carbonyl (C=O) groups is 2. The van der Waals surface area contributed by atoms with E-state index in [4.69, 9.17) is 9.47 Å². The molecule has 1 atom stereocenters. The average Bonchev–Trinajstić information content (AvgIpc) is 2.57. The highest BCUT2D eigenvalue weighted by Gasteiger charge is 2.21. The second-order valence-electron chi connectivity index (χ2n) is 7.63. The maximum atomic E-state index is 12.0. The van der Waals surface area contributed by atoms with Crippen LogP contribution in [0.5, 0.6) is 5.75 Å². The standard InChI is InChI=1S/C20H29NO5/c1-20(2,3)26-11-10-17(19(23)24)21-18(22)13-25-16-9-8-14-6-4-5-7-15(14)12-16/h8-9,12,17H,4-7,10-11,13H2,1-3H3,(H,21,22)(H,23,24). The first kappa shape index (κ1) is 20.2. The van der Waals surface area contributed by atoms with Gasteiger partial charge < -0.3 is 19.9 Å². The Labute approximate surface area is 154 Å². The Morgan fingerprint density at radius 3 is 2.54 bits per heavy atom. The number of carboxylic acids is 1. The molecule has 144 valence electrons. The van der Waals surface area contributed by atoms with Gasteiger partial charge >= 0.3 is 5.97 Å². The van der Waals surface area contributed by atoms with Crippen LogP contribution in [0.2, 0.25) is 0 Å². The summed E-state index contributed by atoms with van der Waals surface area (Å²) in [5, 5.41) is 11.7.